The third kappa shape index (κ3) is 4.52. The Labute approximate surface area is 99.6 Å². The third-order valence-electron chi connectivity index (χ3n) is 3.23. The lowest BCUT2D eigenvalue weighted by molar-refractivity contribution is -0.132. The first-order chi connectivity index (χ1) is 7.63. The molecule has 1 amide bonds. The molecule has 1 saturated heterocycles. The number of carbonyl (C=O) groups excluding carboxylic acids is 1. The van der Waals surface area contributed by atoms with E-state index in [9.17, 15) is 4.79 Å². The Bertz CT molecular complexity index is 216. The highest BCUT2D eigenvalue weighted by atomic mass is 16.2. The number of likely N-dealkylation sites (tertiary alicyclic amines) is 1. The molecule has 1 aliphatic rings. The predicted octanol–water partition coefficient (Wildman–Crippen LogP) is 2.02. The molecule has 3 heteroatoms. The molecular weight excluding hydrogens is 200 g/mol. The van der Waals surface area contributed by atoms with E-state index in [1.54, 1.807) is 0 Å². The molecule has 1 fully saturated rings. The summed E-state index contributed by atoms with van der Waals surface area (Å²) in [4.78, 5) is 13.6. The van der Waals surface area contributed by atoms with Gasteiger partial charge < -0.3 is 10.2 Å². The largest absolute Gasteiger partial charge is 0.341 e. The van der Waals surface area contributed by atoms with Crippen LogP contribution in [0.5, 0.6) is 0 Å². The van der Waals surface area contributed by atoms with Crippen molar-refractivity contribution in [1.29, 1.82) is 0 Å². The Balaban J connectivity index is 2.25. The summed E-state index contributed by atoms with van der Waals surface area (Å²) < 4.78 is 0. The van der Waals surface area contributed by atoms with Crippen molar-refractivity contribution < 1.29 is 4.79 Å². The summed E-state index contributed by atoms with van der Waals surface area (Å²) in [5, 5.41) is 3.57. The number of hydrogen-bond donors (Lipinski definition) is 1. The first-order valence-corrected chi connectivity index (χ1v) is 6.64. The van der Waals surface area contributed by atoms with Gasteiger partial charge in [-0.15, -0.1) is 0 Å². The van der Waals surface area contributed by atoms with E-state index in [4.69, 9.17) is 0 Å². The van der Waals surface area contributed by atoms with Gasteiger partial charge in [-0.05, 0) is 31.7 Å². The molecule has 94 valence electrons. The first-order valence-electron chi connectivity index (χ1n) is 6.64. The van der Waals surface area contributed by atoms with E-state index in [1.165, 1.54) is 12.8 Å². The summed E-state index contributed by atoms with van der Waals surface area (Å²) >= 11 is 0. The maximum absolute atomic E-state index is 11.6. The maximum atomic E-state index is 11.6. The van der Waals surface area contributed by atoms with Crippen LogP contribution in [0.1, 0.15) is 46.5 Å². The minimum atomic E-state index is 0.301. The molecule has 0 spiro atoms. The van der Waals surface area contributed by atoms with Crippen molar-refractivity contribution in [3.8, 4) is 0 Å². The lowest BCUT2D eigenvalue weighted by atomic mass is 10.0. The predicted molar refractivity (Wildman–Crippen MR) is 67.4 cm³/mol. The third-order valence-corrected chi connectivity index (χ3v) is 3.23. The second-order valence-corrected chi connectivity index (χ2v) is 5.17. The van der Waals surface area contributed by atoms with Crippen molar-refractivity contribution >= 4 is 5.91 Å². The summed E-state index contributed by atoms with van der Waals surface area (Å²) in [5.41, 5.74) is 0. The average molecular weight is 226 g/mol. The Morgan fingerprint density at radius 3 is 2.88 bits per heavy atom. The van der Waals surface area contributed by atoms with Crippen LogP contribution in [0.3, 0.4) is 0 Å². The molecule has 0 aromatic carbocycles. The summed E-state index contributed by atoms with van der Waals surface area (Å²) in [6.07, 6.45) is 4.22. The van der Waals surface area contributed by atoms with Crippen LogP contribution in [-0.2, 0) is 4.79 Å². The van der Waals surface area contributed by atoms with Crippen molar-refractivity contribution in [1.82, 2.24) is 10.2 Å². The molecular formula is C13H26N2O. The topological polar surface area (TPSA) is 32.3 Å². The minimum absolute atomic E-state index is 0.301. The van der Waals surface area contributed by atoms with Gasteiger partial charge in [-0.25, -0.2) is 0 Å². The summed E-state index contributed by atoms with van der Waals surface area (Å²) in [6, 6.07) is 0.517. The van der Waals surface area contributed by atoms with Gasteiger partial charge in [0.15, 0.2) is 0 Å². The summed E-state index contributed by atoms with van der Waals surface area (Å²) in [7, 11) is 0. The number of nitrogens with zero attached hydrogens (tertiary/aromatic N) is 1. The van der Waals surface area contributed by atoms with Gasteiger partial charge in [0.05, 0.1) is 0 Å². The smallest absolute Gasteiger partial charge is 0.222 e. The number of carbonyl (C=O) groups is 1. The highest BCUT2D eigenvalue weighted by Crippen LogP contribution is 2.11. The van der Waals surface area contributed by atoms with E-state index >= 15 is 0 Å². The maximum Gasteiger partial charge on any atom is 0.222 e. The molecule has 1 aliphatic heterocycles. The average Bonchev–Trinajstić information content (AvgIpc) is 2.28. The molecule has 1 rings (SSSR count). The monoisotopic (exact) mass is 226 g/mol. The van der Waals surface area contributed by atoms with E-state index in [0.29, 0.717) is 18.4 Å². The SMILES string of the molecule is CCC(=O)N1CCCC(NCCC(C)C)C1. The van der Waals surface area contributed by atoms with Gasteiger partial charge >= 0.3 is 0 Å². The van der Waals surface area contributed by atoms with Crippen molar-refractivity contribution in [2.75, 3.05) is 19.6 Å². The Kier molecular flexibility index (Phi) is 5.81. The molecule has 1 heterocycles. The van der Waals surface area contributed by atoms with Crippen LogP contribution in [0.15, 0.2) is 0 Å². The normalized spacial score (nSPS) is 21.5. The quantitative estimate of drug-likeness (QED) is 0.778. The molecule has 0 aliphatic carbocycles. The lowest BCUT2D eigenvalue weighted by Crippen LogP contribution is -2.48. The second-order valence-electron chi connectivity index (χ2n) is 5.17. The summed E-state index contributed by atoms with van der Waals surface area (Å²) in [6.45, 7) is 9.37. The molecule has 1 unspecified atom stereocenters. The highest BCUT2D eigenvalue weighted by molar-refractivity contribution is 5.75. The fourth-order valence-electron chi connectivity index (χ4n) is 2.17. The highest BCUT2D eigenvalue weighted by Gasteiger charge is 2.21. The van der Waals surface area contributed by atoms with E-state index in [0.717, 1.165) is 32.0 Å². The van der Waals surface area contributed by atoms with Crippen molar-refractivity contribution in [2.24, 2.45) is 5.92 Å². The lowest BCUT2D eigenvalue weighted by Gasteiger charge is -2.33. The molecule has 0 aromatic rings. The van der Waals surface area contributed by atoms with Crippen molar-refractivity contribution in [3.05, 3.63) is 0 Å². The zero-order chi connectivity index (χ0) is 12.0. The van der Waals surface area contributed by atoms with E-state index in [-0.39, 0.29) is 0 Å². The van der Waals surface area contributed by atoms with Gasteiger partial charge in [-0.3, -0.25) is 4.79 Å². The minimum Gasteiger partial charge on any atom is -0.341 e. The fourth-order valence-corrected chi connectivity index (χ4v) is 2.17. The van der Waals surface area contributed by atoms with Gasteiger partial charge in [0.1, 0.15) is 0 Å². The van der Waals surface area contributed by atoms with Crippen LogP contribution in [0, 0.1) is 5.92 Å². The van der Waals surface area contributed by atoms with Gasteiger partial charge in [-0.2, -0.15) is 0 Å². The van der Waals surface area contributed by atoms with E-state index in [2.05, 4.69) is 19.2 Å². The molecule has 3 nitrogen and oxygen atoms in total. The number of hydrogen-bond acceptors (Lipinski definition) is 2. The number of amides is 1. The molecule has 0 saturated carbocycles. The van der Waals surface area contributed by atoms with Crippen LogP contribution in [-0.4, -0.2) is 36.5 Å². The second kappa shape index (κ2) is 6.89. The molecule has 1 atom stereocenters. The van der Waals surface area contributed by atoms with Gasteiger partial charge in [0.25, 0.3) is 0 Å². The van der Waals surface area contributed by atoms with Gasteiger partial charge in [0, 0.05) is 25.6 Å². The Morgan fingerprint density at radius 2 is 2.25 bits per heavy atom. The van der Waals surface area contributed by atoms with Crippen LogP contribution in [0.4, 0.5) is 0 Å². The van der Waals surface area contributed by atoms with Crippen LogP contribution in [0.25, 0.3) is 0 Å². The number of rotatable bonds is 5. The standard InChI is InChI=1S/C13H26N2O/c1-4-13(16)15-9-5-6-12(10-15)14-8-7-11(2)3/h11-12,14H,4-10H2,1-3H3. The zero-order valence-electron chi connectivity index (χ0n) is 11.0. The van der Waals surface area contributed by atoms with Gasteiger partial charge in [0.2, 0.25) is 5.91 Å². The van der Waals surface area contributed by atoms with Gasteiger partial charge in [-0.1, -0.05) is 20.8 Å². The van der Waals surface area contributed by atoms with Crippen LogP contribution < -0.4 is 5.32 Å². The molecule has 0 aromatic heterocycles. The van der Waals surface area contributed by atoms with Crippen molar-refractivity contribution in [3.63, 3.8) is 0 Å². The van der Waals surface area contributed by atoms with E-state index < -0.39 is 0 Å². The van der Waals surface area contributed by atoms with Crippen LogP contribution >= 0.6 is 0 Å². The number of nitrogens with one attached hydrogen (secondary N) is 1. The molecule has 0 radical (unpaired) electrons. The fraction of sp³-hybridized carbons (Fsp3) is 0.923. The first kappa shape index (κ1) is 13.5. The van der Waals surface area contributed by atoms with E-state index in [1.807, 2.05) is 11.8 Å². The van der Waals surface area contributed by atoms with Crippen LogP contribution in [0.2, 0.25) is 0 Å². The molecule has 16 heavy (non-hydrogen) atoms. The summed E-state index contributed by atoms with van der Waals surface area (Å²) in [5.74, 6) is 1.06. The molecule has 0 bridgehead atoms. The zero-order valence-corrected chi connectivity index (χ0v) is 11.0. The Hall–Kier alpha value is -0.570. The van der Waals surface area contributed by atoms with Crippen molar-refractivity contribution in [2.45, 2.75) is 52.5 Å². The molecule has 1 N–H and O–H groups in total. The number of piperidine rings is 1. The Morgan fingerprint density at radius 1 is 1.50 bits per heavy atom.